The molecule has 2 aliphatic rings. The Bertz CT molecular complexity index is 520. The molecule has 2 bridgehead atoms. The molecule has 2 fully saturated rings. The maximum Gasteiger partial charge on any atom is 0.161 e. The highest BCUT2D eigenvalue weighted by Gasteiger charge is 2.40. The molecule has 1 aromatic carbocycles. The van der Waals surface area contributed by atoms with Crippen LogP contribution in [0.3, 0.4) is 0 Å². The van der Waals surface area contributed by atoms with E-state index in [1.54, 1.807) is 14.2 Å². The number of ether oxygens (including phenoxy) is 2. The van der Waals surface area contributed by atoms with Crippen LogP contribution < -0.4 is 15.2 Å². The van der Waals surface area contributed by atoms with Gasteiger partial charge in [-0.1, -0.05) is 22.4 Å². The molecule has 116 valence electrons. The topological polar surface area (TPSA) is 44.5 Å². The second kappa shape index (κ2) is 6.17. The summed E-state index contributed by atoms with van der Waals surface area (Å²) in [4.78, 5) is 0. The van der Waals surface area contributed by atoms with Crippen molar-refractivity contribution >= 4 is 15.9 Å². The summed E-state index contributed by atoms with van der Waals surface area (Å²) >= 11 is 3.63. The van der Waals surface area contributed by atoms with E-state index in [0.29, 0.717) is 0 Å². The molecule has 0 aliphatic heterocycles. The zero-order chi connectivity index (χ0) is 15.0. The molecule has 0 saturated heterocycles. The quantitative estimate of drug-likeness (QED) is 0.858. The Labute approximate surface area is 135 Å². The minimum atomic E-state index is 0.0588. The Hall–Kier alpha value is -0.740. The molecule has 21 heavy (non-hydrogen) atoms. The maximum absolute atomic E-state index is 6.50. The van der Waals surface area contributed by atoms with E-state index in [-0.39, 0.29) is 6.04 Å². The number of methoxy groups -OCH3 is 2. The average molecular weight is 354 g/mol. The molecule has 3 rings (SSSR count). The molecule has 0 amide bonds. The number of halogens is 1. The van der Waals surface area contributed by atoms with Crippen molar-refractivity contribution in [3.63, 3.8) is 0 Å². The molecular weight excluding hydrogens is 330 g/mol. The van der Waals surface area contributed by atoms with Crippen LogP contribution in [0.2, 0.25) is 0 Å². The van der Waals surface area contributed by atoms with E-state index >= 15 is 0 Å². The predicted octanol–water partition coefficient (Wildman–Crippen LogP) is 4.29. The lowest BCUT2D eigenvalue weighted by atomic mass is 9.83. The summed E-state index contributed by atoms with van der Waals surface area (Å²) in [6, 6.07) is 4.03. The fourth-order valence-electron chi connectivity index (χ4n) is 4.27. The lowest BCUT2D eigenvalue weighted by molar-refractivity contribution is 0.295. The molecular formula is C17H24BrNO2. The molecule has 4 atom stereocenters. The summed E-state index contributed by atoms with van der Waals surface area (Å²) in [5.74, 6) is 4.18. The minimum absolute atomic E-state index is 0.0588. The van der Waals surface area contributed by atoms with Gasteiger partial charge in [-0.05, 0) is 61.1 Å². The second-order valence-corrected chi connectivity index (χ2v) is 7.36. The fourth-order valence-corrected chi connectivity index (χ4v) is 4.89. The number of rotatable bonds is 5. The van der Waals surface area contributed by atoms with Crippen LogP contribution in [0.25, 0.3) is 0 Å². The van der Waals surface area contributed by atoms with Crippen molar-refractivity contribution in [3.8, 4) is 11.5 Å². The number of fused-ring (bicyclic) bond motifs is 2. The Morgan fingerprint density at radius 3 is 2.48 bits per heavy atom. The van der Waals surface area contributed by atoms with E-state index in [4.69, 9.17) is 15.2 Å². The third-order valence-corrected chi connectivity index (χ3v) is 6.03. The molecule has 3 nitrogen and oxygen atoms in total. The van der Waals surface area contributed by atoms with Gasteiger partial charge in [-0.2, -0.15) is 0 Å². The van der Waals surface area contributed by atoms with E-state index in [1.165, 1.54) is 25.7 Å². The number of hydrogen-bond acceptors (Lipinski definition) is 3. The van der Waals surface area contributed by atoms with Gasteiger partial charge in [-0.25, -0.2) is 0 Å². The Morgan fingerprint density at radius 1 is 1.19 bits per heavy atom. The molecule has 1 aromatic rings. The summed E-state index contributed by atoms with van der Waals surface area (Å²) in [6.45, 7) is 0. The maximum atomic E-state index is 6.50. The predicted molar refractivity (Wildman–Crippen MR) is 87.7 cm³/mol. The van der Waals surface area contributed by atoms with Crippen LogP contribution >= 0.6 is 15.9 Å². The Kier molecular flexibility index (Phi) is 4.46. The van der Waals surface area contributed by atoms with Crippen LogP contribution in [0.4, 0.5) is 0 Å². The molecule has 2 N–H and O–H groups in total. The van der Waals surface area contributed by atoms with Gasteiger partial charge in [0, 0.05) is 10.5 Å². The number of hydrogen-bond donors (Lipinski definition) is 1. The first kappa shape index (κ1) is 15.2. The summed E-state index contributed by atoms with van der Waals surface area (Å²) in [5.41, 5.74) is 7.62. The molecule has 0 spiro atoms. The van der Waals surface area contributed by atoms with Crippen molar-refractivity contribution in [2.75, 3.05) is 14.2 Å². The summed E-state index contributed by atoms with van der Waals surface area (Å²) in [5, 5.41) is 0. The van der Waals surface area contributed by atoms with E-state index in [1.807, 2.05) is 12.1 Å². The lowest BCUT2D eigenvalue weighted by Crippen LogP contribution is -2.20. The van der Waals surface area contributed by atoms with Gasteiger partial charge in [0.25, 0.3) is 0 Å². The van der Waals surface area contributed by atoms with Crippen LogP contribution in [-0.2, 0) is 0 Å². The highest BCUT2D eigenvalue weighted by Crippen LogP contribution is 2.51. The Morgan fingerprint density at radius 2 is 1.90 bits per heavy atom. The second-order valence-electron chi connectivity index (χ2n) is 6.51. The largest absolute Gasteiger partial charge is 0.493 e. The number of benzene rings is 1. The van der Waals surface area contributed by atoms with Gasteiger partial charge in [0.05, 0.1) is 14.2 Å². The van der Waals surface area contributed by atoms with Crippen LogP contribution in [0.15, 0.2) is 16.6 Å². The Balaban J connectivity index is 1.76. The summed E-state index contributed by atoms with van der Waals surface area (Å²) in [6.07, 6.45) is 6.74. The zero-order valence-electron chi connectivity index (χ0n) is 12.8. The van der Waals surface area contributed by atoms with Crippen molar-refractivity contribution in [2.24, 2.45) is 23.5 Å². The minimum Gasteiger partial charge on any atom is -0.493 e. The third kappa shape index (κ3) is 2.93. The SMILES string of the molecule is COc1cc(Br)c(C(N)CC2CC3CCC2C3)cc1OC. The van der Waals surface area contributed by atoms with Crippen LogP contribution in [-0.4, -0.2) is 14.2 Å². The molecule has 0 heterocycles. The first-order chi connectivity index (χ1) is 10.1. The van der Waals surface area contributed by atoms with Crippen molar-refractivity contribution in [1.29, 1.82) is 0 Å². The van der Waals surface area contributed by atoms with Gasteiger partial charge in [0.1, 0.15) is 0 Å². The van der Waals surface area contributed by atoms with Gasteiger partial charge < -0.3 is 15.2 Å². The molecule has 4 heteroatoms. The van der Waals surface area contributed by atoms with E-state index < -0.39 is 0 Å². The average Bonchev–Trinajstić information content (AvgIpc) is 3.09. The van der Waals surface area contributed by atoms with Gasteiger partial charge in [-0.15, -0.1) is 0 Å². The molecule has 2 saturated carbocycles. The van der Waals surface area contributed by atoms with Gasteiger partial charge in [0.2, 0.25) is 0 Å². The van der Waals surface area contributed by atoms with Crippen molar-refractivity contribution in [1.82, 2.24) is 0 Å². The van der Waals surface area contributed by atoms with Crippen molar-refractivity contribution in [2.45, 2.75) is 38.1 Å². The van der Waals surface area contributed by atoms with Crippen LogP contribution in [0.5, 0.6) is 11.5 Å². The standard InChI is InChI=1S/C17H24BrNO2/c1-20-16-8-13(14(18)9-17(16)21-2)15(19)7-12-6-10-3-4-11(12)5-10/h8-12,15H,3-7,19H2,1-2H3. The smallest absolute Gasteiger partial charge is 0.161 e. The third-order valence-electron chi connectivity index (χ3n) is 5.34. The van der Waals surface area contributed by atoms with E-state index in [2.05, 4.69) is 15.9 Å². The monoisotopic (exact) mass is 353 g/mol. The van der Waals surface area contributed by atoms with Crippen LogP contribution in [0, 0.1) is 17.8 Å². The highest BCUT2D eigenvalue weighted by molar-refractivity contribution is 9.10. The molecule has 4 unspecified atom stereocenters. The van der Waals surface area contributed by atoms with Gasteiger partial charge in [0.15, 0.2) is 11.5 Å². The molecule has 0 radical (unpaired) electrons. The summed E-state index contributed by atoms with van der Waals surface area (Å²) in [7, 11) is 3.32. The first-order valence-electron chi connectivity index (χ1n) is 7.79. The molecule has 0 aromatic heterocycles. The van der Waals surface area contributed by atoms with Crippen molar-refractivity contribution in [3.05, 3.63) is 22.2 Å². The van der Waals surface area contributed by atoms with Crippen molar-refractivity contribution < 1.29 is 9.47 Å². The number of nitrogens with two attached hydrogens (primary N) is 1. The highest BCUT2D eigenvalue weighted by atomic mass is 79.9. The summed E-state index contributed by atoms with van der Waals surface area (Å²) < 4.78 is 11.7. The normalized spacial score (nSPS) is 28.7. The van der Waals surface area contributed by atoms with E-state index in [0.717, 1.165) is 45.7 Å². The zero-order valence-corrected chi connectivity index (χ0v) is 14.4. The van der Waals surface area contributed by atoms with E-state index in [9.17, 15) is 0 Å². The van der Waals surface area contributed by atoms with Crippen LogP contribution in [0.1, 0.15) is 43.7 Å². The molecule has 2 aliphatic carbocycles. The lowest BCUT2D eigenvalue weighted by Gasteiger charge is -2.25. The fraction of sp³-hybridized carbons (Fsp3) is 0.647. The van der Waals surface area contributed by atoms with Gasteiger partial charge in [-0.3, -0.25) is 0 Å². The van der Waals surface area contributed by atoms with Gasteiger partial charge >= 0.3 is 0 Å². The first-order valence-corrected chi connectivity index (χ1v) is 8.58.